The Morgan fingerprint density at radius 3 is 1.94 bits per heavy atom. The summed E-state index contributed by atoms with van der Waals surface area (Å²) >= 11 is 0. The van der Waals surface area contributed by atoms with Crippen LogP contribution in [0.25, 0.3) is 0 Å². The lowest BCUT2D eigenvalue weighted by molar-refractivity contribution is -0.385. The Hall–Kier alpha value is -4.12. The molecule has 3 aromatic rings. The highest BCUT2D eigenvalue weighted by Crippen LogP contribution is 2.59. The van der Waals surface area contributed by atoms with Crippen LogP contribution < -0.4 is 5.32 Å². The molecule has 0 radical (unpaired) electrons. The average molecular weight is 700 g/mol. The Bertz CT molecular complexity index is 1590. The molecule has 0 aromatic heterocycles. The van der Waals surface area contributed by atoms with Gasteiger partial charge in [-0.25, -0.2) is 0 Å². The van der Waals surface area contributed by atoms with Crippen LogP contribution in [0.2, 0.25) is 0 Å². The monoisotopic (exact) mass is 699 g/mol. The minimum atomic E-state index is -1.61. The van der Waals surface area contributed by atoms with E-state index in [-0.39, 0.29) is 30.6 Å². The van der Waals surface area contributed by atoms with Crippen molar-refractivity contribution in [3.8, 4) is 0 Å². The highest BCUT2D eigenvalue weighted by atomic mass is 16.6. The van der Waals surface area contributed by atoms with E-state index in [1.54, 1.807) is 13.0 Å². The molecular formula is C41H53N3O7. The molecule has 51 heavy (non-hydrogen) atoms. The van der Waals surface area contributed by atoms with Gasteiger partial charge in [0, 0.05) is 48.8 Å². The van der Waals surface area contributed by atoms with Crippen LogP contribution in [0.5, 0.6) is 0 Å². The van der Waals surface area contributed by atoms with E-state index in [9.17, 15) is 29.9 Å². The van der Waals surface area contributed by atoms with Crippen molar-refractivity contribution in [1.29, 1.82) is 0 Å². The Morgan fingerprint density at radius 2 is 1.41 bits per heavy atom. The molecule has 2 saturated heterocycles. The van der Waals surface area contributed by atoms with Crippen molar-refractivity contribution in [2.45, 2.75) is 89.1 Å². The van der Waals surface area contributed by atoms with Crippen LogP contribution in [-0.2, 0) is 19.7 Å². The number of nitrogens with one attached hydrogen (secondary N) is 1. The number of nitrogens with zero attached hydrogens (tertiary/aromatic N) is 2. The van der Waals surface area contributed by atoms with Crippen LogP contribution in [0.1, 0.15) is 88.3 Å². The molecule has 5 rings (SSSR count). The third-order valence-electron chi connectivity index (χ3n) is 12.0. The highest BCUT2D eigenvalue weighted by molar-refractivity contribution is 5.84. The minimum Gasteiger partial charge on any atom is -0.481 e. The summed E-state index contributed by atoms with van der Waals surface area (Å²) in [6, 6.07) is 25.9. The van der Waals surface area contributed by atoms with E-state index in [0.29, 0.717) is 25.1 Å². The number of non-ortho nitro benzene ring substituents is 1. The van der Waals surface area contributed by atoms with E-state index in [2.05, 4.69) is 58.7 Å². The molecule has 0 aliphatic carbocycles. The van der Waals surface area contributed by atoms with E-state index in [1.165, 1.54) is 29.3 Å². The molecule has 2 aliphatic rings. The number of hydrogen-bond acceptors (Lipinski definition) is 7. The predicted octanol–water partition coefficient (Wildman–Crippen LogP) is 7.27. The molecule has 2 fully saturated rings. The fourth-order valence-corrected chi connectivity index (χ4v) is 9.20. The van der Waals surface area contributed by atoms with Gasteiger partial charge in [-0.1, -0.05) is 86.1 Å². The summed E-state index contributed by atoms with van der Waals surface area (Å²) in [6.45, 7) is 8.56. The Balaban J connectivity index is 1.45. The highest BCUT2D eigenvalue weighted by Gasteiger charge is 2.66. The van der Waals surface area contributed by atoms with Gasteiger partial charge >= 0.3 is 11.9 Å². The van der Waals surface area contributed by atoms with Gasteiger partial charge in [-0.15, -0.1) is 0 Å². The van der Waals surface area contributed by atoms with Crippen LogP contribution in [0.3, 0.4) is 0 Å². The Morgan fingerprint density at radius 1 is 0.843 bits per heavy atom. The molecule has 0 saturated carbocycles. The molecule has 0 amide bonds. The smallest absolute Gasteiger partial charge is 0.311 e. The first-order valence-electron chi connectivity index (χ1n) is 18.4. The van der Waals surface area contributed by atoms with Crippen molar-refractivity contribution in [3.63, 3.8) is 0 Å². The second-order valence-electron chi connectivity index (χ2n) is 14.6. The van der Waals surface area contributed by atoms with Crippen LogP contribution in [-0.4, -0.2) is 76.9 Å². The van der Waals surface area contributed by atoms with Gasteiger partial charge in [0.1, 0.15) is 0 Å². The van der Waals surface area contributed by atoms with E-state index in [4.69, 9.17) is 4.74 Å². The first-order chi connectivity index (χ1) is 24.5. The maximum Gasteiger partial charge on any atom is 0.311 e. The van der Waals surface area contributed by atoms with Crippen molar-refractivity contribution in [1.82, 2.24) is 10.2 Å². The van der Waals surface area contributed by atoms with Gasteiger partial charge in [0.25, 0.3) is 5.69 Å². The van der Waals surface area contributed by atoms with Gasteiger partial charge in [0.2, 0.25) is 0 Å². The predicted molar refractivity (Wildman–Crippen MR) is 197 cm³/mol. The molecule has 5 atom stereocenters. The number of unbranched alkanes of at least 4 members (excludes halogenated alkanes) is 1. The van der Waals surface area contributed by atoms with Gasteiger partial charge in [-0.2, -0.15) is 0 Å². The summed E-state index contributed by atoms with van der Waals surface area (Å²) in [6.07, 6.45) is 4.35. The maximum absolute atomic E-state index is 13.8. The molecular weight excluding hydrogens is 646 g/mol. The molecule has 0 bridgehead atoms. The van der Waals surface area contributed by atoms with E-state index in [1.807, 2.05) is 26.0 Å². The van der Waals surface area contributed by atoms with Crippen molar-refractivity contribution in [2.24, 2.45) is 10.8 Å². The van der Waals surface area contributed by atoms with Gasteiger partial charge < -0.3 is 25.2 Å². The fraction of sp³-hybridized carbons (Fsp3) is 0.512. The number of ether oxygens (including phenoxy) is 1. The molecule has 3 N–H and O–H groups in total. The summed E-state index contributed by atoms with van der Waals surface area (Å²) in [4.78, 5) is 41.2. The number of nitro groups is 1. The number of rotatable bonds is 16. The number of piperidine rings is 2. The molecule has 10 nitrogen and oxygen atoms in total. The zero-order valence-electron chi connectivity index (χ0n) is 30.1. The molecule has 3 aromatic carbocycles. The SMILES string of the molecule is CCCCOCCC1(C(=O)O)C(C)NC(C)C(CCCN2CCC(c3ccccc3)(c3ccccc3)CC2)(C(=O)O)C1c1cccc([N+](=O)[O-])c1. The number of hydrogen-bond donors (Lipinski definition) is 3. The lowest BCUT2D eigenvalue weighted by Gasteiger charge is -2.57. The molecule has 5 unspecified atom stereocenters. The van der Waals surface area contributed by atoms with Crippen molar-refractivity contribution < 1.29 is 29.5 Å². The van der Waals surface area contributed by atoms with Crippen molar-refractivity contribution in [3.05, 3.63) is 112 Å². The second-order valence-corrected chi connectivity index (χ2v) is 14.6. The lowest BCUT2D eigenvalue weighted by Crippen LogP contribution is -2.70. The number of likely N-dealkylation sites (tertiary alicyclic amines) is 1. The summed E-state index contributed by atoms with van der Waals surface area (Å²) in [5, 5.41) is 37.7. The Labute approximate surface area is 301 Å². The first kappa shape index (κ1) is 38.1. The normalized spacial score (nSPS) is 26.4. The van der Waals surface area contributed by atoms with Gasteiger partial charge in [0.05, 0.1) is 15.8 Å². The largest absolute Gasteiger partial charge is 0.481 e. The van der Waals surface area contributed by atoms with E-state index in [0.717, 1.165) is 38.8 Å². The average Bonchev–Trinajstić information content (AvgIpc) is 3.13. The minimum absolute atomic E-state index is 0.0580. The summed E-state index contributed by atoms with van der Waals surface area (Å²) in [5.74, 6) is -3.30. The molecule has 2 heterocycles. The van der Waals surface area contributed by atoms with Gasteiger partial charge in [-0.3, -0.25) is 19.7 Å². The van der Waals surface area contributed by atoms with Gasteiger partial charge in [-0.05, 0) is 88.7 Å². The van der Waals surface area contributed by atoms with Gasteiger partial charge in [0.15, 0.2) is 0 Å². The van der Waals surface area contributed by atoms with Crippen molar-refractivity contribution >= 4 is 17.6 Å². The molecule has 10 heteroatoms. The standard InChI is InChI=1S/C41H53N3O7/c1-4-5-27-51-28-23-41(38(47)48)31(3)42-30(2)40(37(45)46,36(41)32-14-12-19-35(29-32)44(49)50)20-13-24-43-25-21-39(22-26-43,33-15-8-6-9-16-33)34-17-10-7-11-18-34/h6-12,14-19,29-31,36,42H,4-5,13,20-28H2,1-3H3,(H,45,46)(H,47,48). The number of nitro benzene ring substituents is 1. The molecule has 0 spiro atoms. The van der Waals surface area contributed by atoms with Crippen LogP contribution in [0.4, 0.5) is 5.69 Å². The zero-order chi connectivity index (χ0) is 36.6. The quantitative estimate of drug-likeness (QED) is 0.0799. The number of carboxylic acid groups (broad SMARTS) is 2. The fourth-order valence-electron chi connectivity index (χ4n) is 9.20. The van der Waals surface area contributed by atoms with E-state index < -0.39 is 45.7 Å². The topological polar surface area (TPSA) is 142 Å². The van der Waals surface area contributed by atoms with Crippen LogP contribution in [0.15, 0.2) is 84.9 Å². The maximum atomic E-state index is 13.8. The van der Waals surface area contributed by atoms with E-state index >= 15 is 0 Å². The number of carbonyl (C=O) groups is 2. The zero-order valence-corrected chi connectivity index (χ0v) is 30.1. The summed E-state index contributed by atoms with van der Waals surface area (Å²) in [5.41, 5.74) is -0.554. The third-order valence-corrected chi connectivity index (χ3v) is 12.0. The van der Waals surface area contributed by atoms with Crippen LogP contribution >= 0.6 is 0 Å². The number of aliphatic carboxylic acids is 2. The summed E-state index contributed by atoms with van der Waals surface area (Å²) < 4.78 is 5.89. The Kier molecular flexibility index (Phi) is 12.3. The second kappa shape index (κ2) is 16.5. The first-order valence-corrected chi connectivity index (χ1v) is 18.4. The van der Waals surface area contributed by atoms with Crippen molar-refractivity contribution in [2.75, 3.05) is 32.8 Å². The number of benzene rings is 3. The summed E-state index contributed by atoms with van der Waals surface area (Å²) in [7, 11) is 0. The lowest BCUT2D eigenvalue weighted by atomic mass is 9.49. The van der Waals surface area contributed by atoms with Crippen LogP contribution in [0, 0.1) is 20.9 Å². The third kappa shape index (κ3) is 7.45. The number of carboxylic acids is 2. The molecule has 274 valence electrons. The molecule has 2 aliphatic heterocycles.